The summed E-state index contributed by atoms with van der Waals surface area (Å²) < 4.78 is 6.00. The van der Waals surface area contributed by atoms with Crippen LogP contribution in [0.2, 0.25) is 0 Å². The van der Waals surface area contributed by atoms with Gasteiger partial charge in [0.1, 0.15) is 0 Å². The summed E-state index contributed by atoms with van der Waals surface area (Å²) in [7, 11) is 0. The normalized spacial score (nSPS) is 21.9. The van der Waals surface area contributed by atoms with Crippen molar-refractivity contribution >= 4 is 17.2 Å². The minimum Gasteiger partial charge on any atom is -0.370 e. The molecule has 0 aromatic carbocycles. The Balaban J connectivity index is 1.58. The first-order chi connectivity index (χ1) is 9.67. The third kappa shape index (κ3) is 2.96. The molecule has 1 spiro atoms. The minimum atomic E-state index is -0.0957. The highest BCUT2D eigenvalue weighted by Crippen LogP contribution is 2.33. The second-order valence-electron chi connectivity index (χ2n) is 5.84. The van der Waals surface area contributed by atoms with E-state index >= 15 is 0 Å². The summed E-state index contributed by atoms with van der Waals surface area (Å²) in [5.41, 5.74) is 2.46. The fraction of sp³-hybridized carbons (Fsp3) is 0.562. The number of carbonyl (C=O) groups is 1. The van der Waals surface area contributed by atoms with Crippen LogP contribution in [0.25, 0.3) is 0 Å². The Hall–Kier alpha value is -1.13. The molecule has 0 bridgehead atoms. The summed E-state index contributed by atoms with van der Waals surface area (Å²) in [5, 5.41) is 4.08. The molecule has 0 radical (unpaired) electrons. The van der Waals surface area contributed by atoms with Gasteiger partial charge in [-0.2, -0.15) is 11.3 Å². The van der Waals surface area contributed by atoms with Crippen molar-refractivity contribution in [2.24, 2.45) is 0 Å². The smallest absolute Gasteiger partial charge is 0.227 e. The van der Waals surface area contributed by atoms with E-state index in [2.05, 4.69) is 18.4 Å². The van der Waals surface area contributed by atoms with E-state index in [4.69, 9.17) is 4.74 Å². The van der Waals surface area contributed by atoms with Crippen LogP contribution in [-0.2, 0) is 16.0 Å². The monoisotopic (exact) mass is 291 g/mol. The lowest BCUT2D eigenvalue weighted by atomic mass is 9.87. The van der Waals surface area contributed by atoms with Crippen molar-refractivity contribution in [1.82, 2.24) is 4.90 Å². The summed E-state index contributed by atoms with van der Waals surface area (Å²) in [6.07, 6.45) is 5.73. The predicted octanol–water partition coefficient (Wildman–Crippen LogP) is 3.02. The van der Waals surface area contributed by atoms with Gasteiger partial charge in [-0.05, 0) is 48.6 Å². The molecule has 0 atom stereocenters. The summed E-state index contributed by atoms with van der Waals surface area (Å²) >= 11 is 1.65. The lowest BCUT2D eigenvalue weighted by Gasteiger charge is -2.42. The van der Waals surface area contributed by atoms with Crippen molar-refractivity contribution in [3.05, 3.63) is 34.0 Å². The van der Waals surface area contributed by atoms with Crippen LogP contribution in [0.1, 0.15) is 31.7 Å². The molecular weight excluding hydrogens is 270 g/mol. The van der Waals surface area contributed by atoms with Crippen molar-refractivity contribution in [3.63, 3.8) is 0 Å². The van der Waals surface area contributed by atoms with Crippen LogP contribution in [0.15, 0.2) is 28.5 Å². The number of nitrogens with zero attached hydrogens (tertiary/aromatic N) is 1. The minimum absolute atomic E-state index is 0.0957. The Labute approximate surface area is 124 Å². The van der Waals surface area contributed by atoms with Crippen LogP contribution in [0.4, 0.5) is 0 Å². The Bertz CT molecular complexity index is 499. The quantitative estimate of drug-likeness (QED) is 0.784. The zero-order chi connectivity index (χ0) is 14.0. The SMILES string of the molecule is CC1=CC2(CCN(C(=O)Cc3ccsc3)CC2)OCC1. The standard InChI is InChI=1S/C16H21NO2S/c1-13-2-8-19-16(11-13)4-6-17(7-5-16)15(18)10-14-3-9-20-12-14/h3,9,11-12H,2,4-8,10H2,1H3. The van der Waals surface area contributed by atoms with E-state index in [1.54, 1.807) is 11.3 Å². The maximum absolute atomic E-state index is 12.3. The van der Waals surface area contributed by atoms with Gasteiger partial charge < -0.3 is 9.64 Å². The number of hydrogen-bond acceptors (Lipinski definition) is 3. The van der Waals surface area contributed by atoms with Gasteiger partial charge in [-0.1, -0.05) is 11.6 Å². The summed E-state index contributed by atoms with van der Waals surface area (Å²) in [6.45, 7) is 4.63. The van der Waals surface area contributed by atoms with Crippen molar-refractivity contribution in [2.75, 3.05) is 19.7 Å². The number of ether oxygens (including phenoxy) is 1. The Morgan fingerprint density at radius 1 is 1.45 bits per heavy atom. The summed E-state index contributed by atoms with van der Waals surface area (Å²) in [6, 6.07) is 2.03. The van der Waals surface area contributed by atoms with Gasteiger partial charge in [-0.3, -0.25) is 4.79 Å². The Morgan fingerprint density at radius 2 is 2.25 bits per heavy atom. The molecule has 1 aromatic heterocycles. The van der Waals surface area contributed by atoms with Crippen LogP contribution < -0.4 is 0 Å². The van der Waals surface area contributed by atoms with E-state index in [9.17, 15) is 4.79 Å². The Kier molecular flexibility index (Phi) is 3.94. The first-order valence-electron chi connectivity index (χ1n) is 7.28. The van der Waals surface area contributed by atoms with Gasteiger partial charge in [-0.25, -0.2) is 0 Å². The first kappa shape index (κ1) is 13.8. The van der Waals surface area contributed by atoms with E-state index in [0.29, 0.717) is 6.42 Å². The molecule has 3 nitrogen and oxygen atoms in total. The summed E-state index contributed by atoms with van der Waals surface area (Å²) in [4.78, 5) is 14.3. The van der Waals surface area contributed by atoms with Gasteiger partial charge in [0.15, 0.2) is 0 Å². The topological polar surface area (TPSA) is 29.5 Å². The average molecular weight is 291 g/mol. The highest BCUT2D eigenvalue weighted by atomic mass is 32.1. The van der Waals surface area contributed by atoms with Crippen molar-refractivity contribution in [3.8, 4) is 0 Å². The third-order valence-corrected chi connectivity index (χ3v) is 5.03. The van der Waals surface area contributed by atoms with Crippen molar-refractivity contribution < 1.29 is 9.53 Å². The second-order valence-corrected chi connectivity index (χ2v) is 6.62. The maximum Gasteiger partial charge on any atom is 0.227 e. The third-order valence-electron chi connectivity index (χ3n) is 4.29. The molecule has 2 aliphatic heterocycles. The Morgan fingerprint density at radius 3 is 2.90 bits per heavy atom. The largest absolute Gasteiger partial charge is 0.370 e. The van der Waals surface area contributed by atoms with E-state index in [1.807, 2.05) is 16.3 Å². The van der Waals surface area contributed by atoms with Crippen LogP contribution in [0.3, 0.4) is 0 Å². The van der Waals surface area contributed by atoms with Crippen LogP contribution in [-0.4, -0.2) is 36.1 Å². The van der Waals surface area contributed by atoms with Gasteiger partial charge >= 0.3 is 0 Å². The average Bonchev–Trinajstić information content (AvgIpc) is 2.92. The number of likely N-dealkylation sites (tertiary alicyclic amines) is 1. The molecule has 1 aromatic rings. The van der Waals surface area contributed by atoms with Gasteiger partial charge in [0.25, 0.3) is 0 Å². The molecule has 1 saturated heterocycles. The van der Waals surface area contributed by atoms with Crippen LogP contribution in [0.5, 0.6) is 0 Å². The van der Waals surface area contributed by atoms with Gasteiger partial charge in [0.05, 0.1) is 18.6 Å². The molecule has 0 aliphatic carbocycles. The molecule has 2 aliphatic rings. The van der Waals surface area contributed by atoms with Gasteiger partial charge in [0, 0.05) is 13.1 Å². The molecule has 0 saturated carbocycles. The molecular formula is C16H21NO2S. The molecule has 0 unspecified atom stereocenters. The molecule has 108 valence electrons. The lowest BCUT2D eigenvalue weighted by Crippen LogP contribution is -2.48. The van der Waals surface area contributed by atoms with Crippen LogP contribution >= 0.6 is 11.3 Å². The van der Waals surface area contributed by atoms with Gasteiger partial charge in [0.2, 0.25) is 5.91 Å². The zero-order valence-electron chi connectivity index (χ0n) is 11.9. The first-order valence-corrected chi connectivity index (χ1v) is 8.22. The number of piperidine rings is 1. The fourth-order valence-electron chi connectivity index (χ4n) is 3.08. The predicted molar refractivity (Wildman–Crippen MR) is 80.9 cm³/mol. The molecule has 0 N–H and O–H groups in total. The fourth-order valence-corrected chi connectivity index (χ4v) is 3.75. The molecule has 20 heavy (non-hydrogen) atoms. The van der Waals surface area contributed by atoms with Crippen molar-refractivity contribution in [2.45, 2.75) is 38.2 Å². The lowest BCUT2D eigenvalue weighted by molar-refractivity contribution is -0.135. The number of rotatable bonds is 2. The van der Waals surface area contributed by atoms with E-state index in [-0.39, 0.29) is 11.5 Å². The summed E-state index contributed by atoms with van der Waals surface area (Å²) in [5.74, 6) is 0.245. The highest BCUT2D eigenvalue weighted by molar-refractivity contribution is 7.07. The number of hydrogen-bond donors (Lipinski definition) is 0. The van der Waals surface area contributed by atoms with E-state index < -0.39 is 0 Å². The number of thiophene rings is 1. The number of carbonyl (C=O) groups excluding carboxylic acids is 1. The zero-order valence-corrected chi connectivity index (χ0v) is 12.7. The van der Waals surface area contributed by atoms with E-state index in [0.717, 1.165) is 44.5 Å². The van der Waals surface area contributed by atoms with Gasteiger partial charge in [-0.15, -0.1) is 0 Å². The molecule has 4 heteroatoms. The second kappa shape index (κ2) is 5.70. The highest BCUT2D eigenvalue weighted by Gasteiger charge is 2.36. The van der Waals surface area contributed by atoms with Crippen molar-refractivity contribution in [1.29, 1.82) is 0 Å². The molecule has 3 heterocycles. The molecule has 1 amide bonds. The maximum atomic E-state index is 12.3. The number of amides is 1. The van der Waals surface area contributed by atoms with E-state index in [1.165, 1.54) is 5.57 Å². The van der Waals surface area contributed by atoms with Crippen LogP contribution in [0, 0.1) is 0 Å². The molecule has 3 rings (SSSR count). The molecule has 1 fully saturated rings.